The monoisotopic (exact) mass is 424 g/mol. The molecular weight excluding hydrogens is 408 g/mol. The first-order chi connectivity index (χ1) is 14.4. The molecule has 0 spiro atoms. The Labute approximate surface area is 175 Å². The Morgan fingerprint density at radius 3 is 2.50 bits per heavy atom. The number of aliphatic hydroxyl groups is 1. The summed E-state index contributed by atoms with van der Waals surface area (Å²) < 4.78 is 10.3. The van der Waals surface area contributed by atoms with Gasteiger partial charge in [-0.2, -0.15) is 0 Å². The minimum atomic E-state index is -0.951. The summed E-state index contributed by atoms with van der Waals surface area (Å²) in [7, 11) is 0. The third-order valence-corrected chi connectivity index (χ3v) is 5.68. The number of H-pyrrole nitrogens is 1. The number of hydrogen-bond acceptors (Lipinski definition) is 6. The molecule has 1 aliphatic heterocycles. The largest absolute Gasteiger partial charge is 0.506 e. The summed E-state index contributed by atoms with van der Waals surface area (Å²) in [5, 5.41) is 25.9. The number of rotatable bonds is 3. The van der Waals surface area contributed by atoms with Crippen LogP contribution in [0.2, 0.25) is 5.02 Å². The van der Waals surface area contributed by atoms with Gasteiger partial charge in [-0.1, -0.05) is 41.0 Å². The van der Waals surface area contributed by atoms with Crippen LogP contribution < -0.4 is 5.56 Å². The van der Waals surface area contributed by atoms with E-state index in [9.17, 15) is 15.0 Å². The molecule has 1 aliphatic rings. The Balaban J connectivity index is 1.64. The Bertz CT molecular complexity index is 1340. The topological polar surface area (TPSA) is 109 Å². The molecule has 3 heterocycles. The van der Waals surface area contributed by atoms with Crippen LogP contribution >= 0.6 is 11.6 Å². The molecule has 8 heteroatoms. The third kappa shape index (κ3) is 2.90. The highest BCUT2D eigenvalue weighted by Crippen LogP contribution is 2.39. The molecule has 1 saturated heterocycles. The van der Waals surface area contributed by atoms with E-state index in [1.54, 1.807) is 25.1 Å². The van der Waals surface area contributed by atoms with Gasteiger partial charge in [0.1, 0.15) is 16.9 Å². The molecule has 0 radical (unpaired) electrons. The minimum Gasteiger partial charge on any atom is -0.506 e. The molecule has 2 aromatic carbocycles. The summed E-state index contributed by atoms with van der Waals surface area (Å²) in [6, 6.07) is 12.3. The van der Waals surface area contributed by atoms with Crippen molar-refractivity contribution in [2.75, 3.05) is 13.2 Å². The van der Waals surface area contributed by atoms with E-state index in [1.165, 1.54) is 0 Å². The summed E-state index contributed by atoms with van der Waals surface area (Å²) in [6.45, 7) is 2.27. The molecule has 5 rings (SSSR count). The van der Waals surface area contributed by atoms with Gasteiger partial charge in [0.25, 0.3) is 5.56 Å². The predicted molar refractivity (Wildman–Crippen MR) is 112 cm³/mol. The minimum absolute atomic E-state index is 0.0129. The van der Waals surface area contributed by atoms with Crippen molar-refractivity contribution >= 4 is 22.5 Å². The molecule has 0 unspecified atom stereocenters. The van der Waals surface area contributed by atoms with Gasteiger partial charge < -0.3 is 24.5 Å². The maximum atomic E-state index is 12.5. The van der Waals surface area contributed by atoms with Crippen molar-refractivity contribution in [1.29, 1.82) is 0 Å². The predicted octanol–water partition coefficient (Wildman–Crippen LogP) is 3.74. The SMILES string of the molecule is Cc1cc(-c2c(O)c3cc(-c4ccc(C5(O)COC5)cc4)c(Cl)cc3[nH]c2=O)on1. The molecule has 0 atom stereocenters. The first kappa shape index (κ1) is 18.9. The Hall–Kier alpha value is -3.13. The van der Waals surface area contributed by atoms with Crippen molar-refractivity contribution in [3.8, 4) is 28.2 Å². The molecule has 0 aliphatic carbocycles. The van der Waals surface area contributed by atoms with E-state index >= 15 is 0 Å². The first-order valence-corrected chi connectivity index (χ1v) is 9.67. The average molecular weight is 425 g/mol. The van der Waals surface area contributed by atoms with Gasteiger partial charge >= 0.3 is 0 Å². The lowest BCUT2D eigenvalue weighted by atomic mass is 9.90. The number of aromatic amines is 1. The van der Waals surface area contributed by atoms with E-state index in [2.05, 4.69) is 10.1 Å². The Morgan fingerprint density at radius 2 is 1.90 bits per heavy atom. The quantitative estimate of drug-likeness (QED) is 0.462. The number of halogens is 1. The van der Waals surface area contributed by atoms with E-state index in [-0.39, 0.29) is 30.3 Å². The number of aromatic hydroxyl groups is 1. The van der Waals surface area contributed by atoms with Crippen molar-refractivity contribution in [2.45, 2.75) is 12.5 Å². The van der Waals surface area contributed by atoms with Crippen LogP contribution in [-0.4, -0.2) is 33.6 Å². The molecular formula is C22H17ClN2O5. The van der Waals surface area contributed by atoms with Crippen LogP contribution in [0.5, 0.6) is 5.75 Å². The van der Waals surface area contributed by atoms with Crippen molar-refractivity contribution in [3.63, 3.8) is 0 Å². The zero-order valence-electron chi connectivity index (χ0n) is 15.9. The van der Waals surface area contributed by atoms with Crippen LogP contribution in [0.3, 0.4) is 0 Å². The number of nitrogens with one attached hydrogen (secondary N) is 1. The lowest BCUT2D eigenvalue weighted by Crippen LogP contribution is -2.46. The highest BCUT2D eigenvalue weighted by Gasteiger charge is 2.37. The van der Waals surface area contributed by atoms with Gasteiger partial charge in [0.05, 0.1) is 29.4 Å². The molecule has 2 aromatic heterocycles. The summed E-state index contributed by atoms with van der Waals surface area (Å²) in [5.41, 5.74) is 1.81. The summed E-state index contributed by atoms with van der Waals surface area (Å²) in [5.74, 6) is -0.0228. The zero-order chi connectivity index (χ0) is 21.0. The van der Waals surface area contributed by atoms with Crippen LogP contribution in [0.1, 0.15) is 11.3 Å². The van der Waals surface area contributed by atoms with Crippen molar-refractivity contribution in [2.24, 2.45) is 0 Å². The lowest BCUT2D eigenvalue weighted by Gasteiger charge is -2.36. The van der Waals surface area contributed by atoms with Gasteiger partial charge in [0.2, 0.25) is 0 Å². The molecule has 0 amide bonds. The maximum absolute atomic E-state index is 12.5. The molecule has 30 heavy (non-hydrogen) atoms. The molecule has 7 nitrogen and oxygen atoms in total. The van der Waals surface area contributed by atoms with Gasteiger partial charge in [0.15, 0.2) is 5.76 Å². The second-order valence-corrected chi connectivity index (χ2v) is 7.90. The van der Waals surface area contributed by atoms with Gasteiger partial charge in [-0.3, -0.25) is 4.79 Å². The fraction of sp³-hybridized carbons (Fsp3) is 0.182. The van der Waals surface area contributed by atoms with E-state index in [1.807, 2.05) is 24.3 Å². The highest BCUT2D eigenvalue weighted by atomic mass is 35.5. The van der Waals surface area contributed by atoms with E-state index in [4.69, 9.17) is 20.9 Å². The number of aryl methyl sites for hydroxylation is 1. The van der Waals surface area contributed by atoms with Crippen LogP contribution in [0.4, 0.5) is 0 Å². The van der Waals surface area contributed by atoms with Crippen LogP contribution in [0.25, 0.3) is 33.4 Å². The van der Waals surface area contributed by atoms with E-state index in [0.29, 0.717) is 27.2 Å². The van der Waals surface area contributed by atoms with Gasteiger partial charge in [0, 0.05) is 17.0 Å². The zero-order valence-corrected chi connectivity index (χ0v) is 16.7. The molecule has 3 N–H and O–H groups in total. The number of benzene rings is 2. The molecule has 0 saturated carbocycles. The molecule has 4 aromatic rings. The average Bonchev–Trinajstić information content (AvgIpc) is 3.11. The van der Waals surface area contributed by atoms with Crippen LogP contribution in [0, 0.1) is 6.92 Å². The Morgan fingerprint density at radius 1 is 1.17 bits per heavy atom. The second kappa shape index (κ2) is 6.70. The number of ether oxygens (including phenoxy) is 1. The van der Waals surface area contributed by atoms with Crippen LogP contribution in [-0.2, 0) is 10.3 Å². The van der Waals surface area contributed by atoms with Gasteiger partial charge in [-0.25, -0.2) is 0 Å². The van der Waals surface area contributed by atoms with E-state index in [0.717, 1.165) is 11.1 Å². The van der Waals surface area contributed by atoms with Crippen molar-refractivity contribution in [1.82, 2.24) is 10.1 Å². The molecule has 0 bridgehead atoms. The molecule has 1 fully saturated rings. The number of nitrogens with zero attached hydrogens (tertiary/aromatic N) is 1. The normalized spacial score (nSPS) is 15.3. The Kier molecular flexibility index (Phi) is 4.21. The maximum Gasteiger partial charge on any atom is 0.263 e. The fourth-order valence-corrected chi connectivity index (χ4v) is 3.93. The van der Waals surface area contributed by atoms with Gasteiger partial charge in [-0.15, -0.1) is 0 Å². The number of pyridine rings is 1. The fourth-order valence-electron chi connectivity index (χ4n) is 3.65. The van der Waals surface area contributed by atoms with E-state index < -0.39 is 11.2 Å². The highest BCUT2D eigenvalue weighted by molar-refractivity contribution is 6.34. The lowest BCUT2D eigenvalue weighted by molar-refractivity contribution is -0.184. The van der Waals surface area contributed by atoms with Crippen molar-refractivity contribution < 1.29 is 19.5 Å². The molecule has 152 valence electrons. The first-order valence-electron chi connectivity index (χ1n) is 9.29. The number of fused-ring (bicyclic) bond motifs is 1. The standard InChI is InChI=1S/C22H17ClN2O5/c1-11-6-18(30-25-11)19-20(26)15-7-14(16(23)8-17(15)24-21(19)27)12-2-4-13(5-3-12)22(28)9-29-10-22/h2-8,28H,9-10H2,1H3,(H2,24,26,27). The smallest absolute Gasteiger partial charge is 0.263 e. The summed E-state index contributed by atoms with van der Waals surface area (Å²) >= 11 is 6.47. The third-order valence-electron chi connectivity index (χ3n) is 5.36. The van der Waals surface area contributed by atoms with Crippen LogP contribution in [0.15, 0.2) is 51.8 Å². The summed E-state index contributed by atoms with van der Waals surface area (Å²) in [6.07, 6.45) is 0. The van der Waals surface area contributed by atoms with Crippen molar-refractivity contribution in [3.05, 3.63) is 69.1 Å². The second-order valence-electron chi connectivity index (χ2n) is 7.49. The number of hydrogen-bond donors (Lipinski definition) is 3. The summed E-state index contributed by atoms with van der Waals surface area (Å²) in [4.78, 5) is 15.3. The van der Waals surface area contributed by atoms with Gasteiger partial charge in [-0.05, 0) is 30.2 Å². The number of aromatic nitrogens is 2.